The summed E-state index contributed by atoms with van der Waals surface area (Å²) in [6, 6.07) is 2.28. The Morgan fingerprint density at radius 3 is 2.93 bits per heavy atom. The van der Waals surface area contributed by atoms with Crippen molar-refractivity contribution in [1.29, 1.82) is 0 Å². The molecule has 2 rings (SSSR count). The summed E-state index contributed by atoms with van der Waals surface area (Å²) in [5.74, 6) is -1.64. The van der Waals surface area contributed by atoms with Gasteiger partial charge in [0.25, 0.3) is 0 Å². The Hall–Kier alpha value is -1.69. The maximum Gasteiger partial charge on any atom is 0.337 e. The summed E-state index contributed by atoms with van der Waals surface area (Å²) in [4.78, 5) is 14.5. The van der Waals surface area contributed by atoms with E-state index in [1.807, 2.05) is 0 Å². The minimum absolute atomic E-state index is 0.0330. The zero-order valence-corrected chi connectivity index (χ0v) is 7.64. The number of fused-ring (bicyclic) bond motifs is 1. The van der Waals surface area contributed by atoms with Crippen molar-refractivity contribution in [2.24, 2.45) is 0 Å². The van der Waals surface area contributed by atoms with Crippen LogP contribution in [0.1, 0.15) is 10.4 Å². The number of thiazole rings is 1. The van der Waals surface area contributed by atoms with Crippen LogP contribution in [-0.2, 0) is 0 Å². The number of nitrogens with zero attached hydrogens (tertiary/aromatic N) is 1. The largest absolute Gasteiger partial charge is 0.478 e. The number of rotatable bonds is 1. The van der Waals surface area contributed by atoms with Gasteiger partial charge in [0, 0.05) is 0 Å². The van der Waals surface area contributed by atoms with Crippen molar-refractivity contribution in [3.8, 4) is 0 Å². The lowest BCUT2D eigenvalue weighted by molar-refractivity contribution is 0.0699. The summed E-state index contributed by atoms with van der Waals surface area (Å²) in [6.07, 6.45) is 0. The van der Waals surface area contributed by atoms with Crippen molar-refractivity contribution in [2.45, 2.75) is 0 Å². The molecule has 0 unspecified atom stereocenters. The van der Waals surface area contributed by atoms with Gasteiger partial charge in [0.15, 0.2) is 5.13 Å². The third kappa shape index (κ3) is 1.20. The quantitative estimate of drug-likeness (QED) is 0.754. The second kappa shape index (κ2) is 2.91. The fraction of sp³-hybridized carbons (Fsp3) is 0. The Kier molecular flexibility index (Phi) is 1.85. The highest BCUT2D eigenvalue weighted by molar-refractivity contribution is 7.22. The molecule has 0 bridgehead atoms. The Balaban J connectivity index is 2.87. The smallest absolute Gasteiger partial charge is 0.337 e. The summed E-state index contributed by atoms with van der Waals surface area (Å²) in [7, 11) is 0. The van der Waals surface area contributed by atoms with E-state index < -0.39 is 11.8 Å². The molecule has 72 valence electrons. The molecule has 0 amide bonds. The fourth-order valence-corrected chi connectivity index (χ4v) is 1.93. The first kappa shape index (κ1) is 8.89. The van der Waals surface area contributed by atoms with Gasteiger partial charge in [-0.1, -0.05) is 11.3 Å². The number of carboxylic acid groups (broad SMARTS) is 1. The molecule has 0 aliphatic heterocycles. The average Bonchev–Trinajstić information content (AvgIpc) is 2.47. The molecular formula is C8H5FN2O2S. The second-order valence-corrected chi connectivity index (χ2v) is 3.66. The van der Waals surface area contributed by atoms with Crippen LogP contribution in [0.25, 0.3) is 10.2 Å². The number of nitrogen functional groups attached to an aromatic ring is 1. The maximum absolute atomic E-state index is 13.2. The molecule has 2 aromatic rings. The number of aromatic nitrogens is 1. The van der Waals surface area contributed by atoms with Crippen molar-refractivity contribution in [3.63, 3.8) is 0 Å². The molecule has 1 aromatic carbocycles. The first-order valence-electron chi connectivity index (χ1n) is 3.67. The normalized spacial score (nSPS) is 10.6. The van der Waals surface area contributed by atoms with Crippen LogP contribution in [0, 0.1) is 5.82 Å². The number of anilines is 1. The van der Waals surface area contributed by atoms with E-state index in [1.165, 1.54) is 6.07 Å². The van der Waals surface area contributed by atoms with E-state index in [0.29, 0.717) is 0 Å². The number of halogens is 1. The van der Waals surface area contributed by atoms with Crippen molar-refractivity contribution in [3.05, 3.63) is 23.5 Å². The van der Waals surface area contributed by atoms with Gasteiger partial charge >= 0.3 is 5.97 Å². The molecule has 6 heteroatoms. The summed E-state index contributed by atoms with van der Waals surface area (Å²) in [6.45, 7) is 0. The summed E-state index contributed by atoms with van der Waals surface area (Å²) >= 11 is 0.939. The molecule has 0 spiro atoms. The van der Waals surface area contributed by atoms with E-state index in [-0.39, 0.29) is 20.9 Å². The van der Waals surface area contributed by atoms with Crippen molar-refractivity contribution < 1.29 is 14.3 Å². The summed E-state index contributed by atoms with van der Waals surface area (Å²) < 4.78 is 13.3. The van der Waals surface area contributed by atoms with Crippen LogP contribution in [-0.4, -0.2) is 16.1 Å². The van der Waals surface area contributed by atoms with E-state index in [0.717, 1.165) is 17.4 Å². The molecule has 4 nitrogen and oxygen atoms in total. The maximum atomic E-state index is 13.2. The fourth-order valence-electron chi connectivity index (χ4n) is 1.16. The highest BCUT2D eigenvalue weighted by atomic mass is 32.1. The van der Waals surface area contributed by atoms with Crippen LogP contribution >= 0.6 is 11.3 Å². The van der Waals surface area contributed by atoms with Gasteiger partial charge in [-0.05, 0) is 12.1 Å². The van der Waals surface area contributed by atoms with Crippen LogP contribution in [0.4, 0.5) is 9.52 Å². The van der Waals surface area contributed by atoms with Gasteiger partial charge in [0.1, 0.15) is 11.3 Å². The van der Waals surface area contributed by atoms with Gasteiger partial charge in [0.05, 0.1) is 10.3 Å². The Labute approximate surface area is 81.8 Å². The van der Waals surface area contributed by atoms with Crippen molar-refractivity contribution in [2.75, 3.05) is 5.73 Å². The van der Waals surface area contributed by atoms with E-state index in [9.17, 15) is 9.18 Å². The third-order valence-corrected chi connectivity index (χ3v) is 2.64. The molecule has 3 N–H and O–H groups in total. The van der Waals surface area contributed by atoms with Gasteiger partial charge in [-0.25, -0.2) is 14.2 Å². The number of hydrogen-bond acceptors (Lipinski definition) is 4. The average molecular weight is 212 g/mol. The SMILES string of the molecule is Nc1nc2c(C(=O)O)ccc(F)c2s1. The number of nitrogens with two attached hydrogens (primary N) is 1. The van der Waals surface area contributed by atoms with Crippen molar-refractivity contribution >= 4 is 32.7 Å². The Morgan fingerprint density at radius 1 is 1.57 bits per heavy atom. The molecule has 0 aliphatic carbocycles. The molecule has 0 saturated carbocycles. The lowest BCUT2D eigenvalue weighted by atomic mass is 10.2. The standard InChI is InChI=1S/C8H5FN2O2S/c9-4-2-1-3(7(12)13)5-6(4)14-8(10)11-5/h1-2H,(H2,10,11)(H,12,13). The molecule has 0 aliphatic rings. The molecule has 0 radical (unpaired) electrons. The van der Waals surface area contributed by atoms with Crippen LogP contribution in [0.5, 0.6) is 0 Å². The van der Waals surface area contributed by atoms with Crippen molar-refractivity contribution in [1.82, 2.24) is 4.98 Å². The van der Waals surface area contributed by atoms with Gasteiger partial charge < -0.3 is 10.8 Å². The second-order valence-electron chi connectivity index (χ2n) is 2.63. The first-order valence-corrected chi connectivity index (χ1v) is 4.49. The van der Waals surface area contributed by atoms with E-state index in [1.54, 1.807) is 0 Å². The van der Waals surface area contributed by atoms with E-state index in [4.69, 9.17) is 10.8 Å². The molecular weight excluding hydrogens is 207 g/mol. The summed E-state index contributed by atoms with van der Waals surface area (Å²) in [5.41, 5.74) is 5.45. The molecule has 1 heterocycles. The zero-order chi connectivity index (χ0) is 10.3. The number of hydrogen-bond donors (Lipinski definition) is 2. The molecule has 0 atom stereocenters. The number of benzene rings is 1. The van der Waals surface area contributed by atoms with Crippen LogP contribution in [0.3, 0.4) is 0 Å². The monoisotopic (exact) mass is 212 g/mol. The number of aromatic carboxylic acids is 1. The van der Waals surface area contributed by atoms with Gasteiger partial charge in [0.2, 0.25) is 0 Å². The first-order chi connectivity index (χ1) is 6.59. The number of carbonyl (C=O) groups is 1. The minimum atomic E-state index is -1.14. The highest BCUT2D eigenvalue weighted by Gasteiger charge is 2.15. The zero-order valence-electron chi connectivity index (χ0n) is 6.82. The van der Waals surface area contributed by atoms with E-state index >= 15 is 0 Å². The lowest BCUT2D eigenvalue weighted by Gasteiger charge is -1.95. The molecule has 1 aromatic heterocycles. The lowest BCUT2D eigenvalue weighted by Crippen LogP contribution is -1.98. The highest BCUT2D eigenvalue weighted by Crippen LogP contribution is 2.28. The van der Waals surface area contributed by atoms with Gasteiger partial charge in [-0.3, -0.25) is 0 Å². The van der Waals surface area contributed by atoms with E-state index in [2.05, 4.69) is 4.98 Å². The minimum Gasteiger partial charge on any atom is -0.478 e. The van der Waals surface area contributed by atoms with Crippen LogP contribution < -0.4 is 5.73 Å². The Bertz CT molecular complexity index is 523. The van der Waals surface area contributed by atoms with Gasteiger partial charge in [-0.15, -0.1) is 0 Å². The Morgan fingerprint density at radius 2 is 2.29 bits per heavy atom. The summed E-state index contributed by atoms with van der Waals surface area (Å²) in [5, 5.41) is 8.94. The van der Waals surface area contributed by atoms with Gasteiger partial charge in [-0.2, -0.15) is 0 Å². The number of carboxylic acids is 1. The molecule has 0 fully saturated rings. The predicted molar refractivity (Wildman–Crippen MR) is 50.9 cm³/mol. The third-order valence-electron chi connectivity index (χ3n) is 1.74. The topological polar surface area (TPSA) is 76.2 Å². The molecule has 14 heavy (non-hydrogen) atoms. The van der Waals surface area contributed by atoms with Crippen LogP contribution in [0.2, 0.25) is 0 Å². The predicted octanol–water partition coefficient (Wildman–Crippen LogP) is 1.72. The van der Waals surface area contributed by atoms with Crippen LogP contribution in [0.15, 0.2) is 12.1 Å². The molecule has 0 saturated heterocycles.